The third-order valence-corrected chi connectivity index (χ3v) is 2.94. The van der Waals surface area contributed by atoms with Crippen molar-refractivity contribution in [3.8, 4) is 0 Å². The minimum absolute atomic E-state index is 0.235. The fourth-order valence-corrected chi connectivity index (χ4v) is 2.29. The molecule has 1 saturated heterocycles. The maximum atomic E-state index is 11.1. The van der Waals surface area contributed by atoms with Crippen LogP contribution < -0.4 is 5.32 Å². The lowest BCUT2D eigenvalue weighted by Crippen LogP contribution is -2.65. The number of amides is 1. The lowest BCUT2D eigenvalue weighted by Gasteiger charge is -2.48. The topological polar surface area (TPSA) is 29.1 Å². The van der Waals surface area contributed by atoms with Crippen molar-refractivity contribution in [2.45, 2.75) is 6.04 Å². The summed E-state index contributed by atoms with van der Waals surface area (Å²) < 4.78 is 0. The number of rotatable bonds is 0. The van der Waals surface area contributed by atoms with Crippen molar-refractivity contribution in [3.63, 3.8) is 0 Å². The van der Waals surface area contributed by atoms with Gasteiger partial charge >= 0.3 is 0 Å². The van der Waals surface area contributed by atoms with Crippen molar-refractivity contribution < 1.29 is 4.79 Å². The van der Waals surface area contributed by atoms with Crippen LogP contribution >= 0.6 is 0 Å². The van der Waals surface area contributed by atoms with Crippen LogP contribution in [-0.4, -0.2) is 11.9 Å². The molecule has 1 amide bonds. The minimum atomic E-state index is 0.235. The van der Waals surface area contributed by atoms with Crippen LogP contribution in [0.3, 0.4) is 0 Å². The summed E-state index contributed by atoms with van der Waals surface area (Å²) in [5.41, 5.74) is 0. The van der Waals surface area contributed by atoms with E-state index in [2.05, 4.69) is 29.6 Å². The number of β-lactam (4-membered cyclic amide) rings is 1. The van der Waals surface area contributed by atoms with Gasteiger partial charge in [-0.05, 0) is 0 Å². The molecule has 0 aromatic carbocycles. The smallest absolute Gasteiger partial charge is 0.226 e. The van der Waals surface area contributed by atoms with Crippen LogP contribution in [0.4, 0.5) is 0 Å². The molecule has 2 atom stereocenters. The van der Waals surface area contributed by atoms with Gasteiger partial charge < -0.3 is 5.32 Å². The first-order chi connectivity index (χ1) is 5.36. The summed E-state index contributed by atoms with van der Waals surface area (Å²) in [5, 5.41) is 2.93. The summed E-state index contributed by atoms with van der Waals surface area (Å²) in [6.45, 7) is 0. The molecule has 0 aromatic rings. The lowest BCUT2D eigenvalue weighted by molar-refractivity contribution is -0.138. The highest BCUT2D eigenvalue weighted by Crippen LogP contribution is 2.40. The molecule has 56 valence electrons. The Morgan fingerprint density at radius 3 is 2.18 bits per heavy atom. The Labute approximate surface area is 65.0 Å². The van der Waals surface area contributed by atoms with Crippen molar-refractivity contribution in [1.29, 1.82) is 0 Å². The van der Waals surface area contributed by atoms with Gasteiger partial charge in [0.2, 0.25) is 5.91 Å². The van der Waals surface area contributed by atoms with Gasteiger partial charge in [0, 0.05) is 11.8 Å². The van der Waals surface area contributed by atoms with Crippen molar-refractivity contribution >= 4 is 5.91 Å². The number of carbonyl (C=O) groups excluding carboxylic acids is 1. The average Bonchev–Trinajstić information content (AvgIpc) is 2.03. The van der Waals surface area contributed by atoms with E-state index in [0.717, 1.165) is 0 Å². The molecule has 2 nitrogen and oxygen atoms in total. The monoisotopic (exact) mass is 147 g/mol. The van der Waals surface area contributed by atoms with Crippen LogP contribution in [0.25, 0.3) is 0 Å². The maximum Gasteiger partial charge on any atom is 0.226 e. The molecule has 0 radical (unpaired) electrons. The second-order valence-electron chi connectivity index (χ2n) is 3.48. The Kier molecular flexibility index (Phi) is 0.799. The van der Waals surface area contributed by atoms with Crippen LogP contribution in [0.1, 0.15) is 0 Å². The summed E-state index contributed by atoms with van der Waals surface area (Å²) in [5.74, 6) is 1.36. The van der Waals surface area contributed by atoms with Crippen molar-refractivity contribution in [2.75, 3.05) is 0 Å². The van der Waals surface area contributed by atoms with Gasteiger partial charge in [-0.3, -0.25) is 4.79 Å². The normalized spacial score (nSPS) is 50.0. The third-order valence-electron chi connectivity index (χ3n) is 2.94. The fourth-order valence-electron chi connectivity index (χ4n) is 2.29. The molecule has 2 heteroatoms. The Morgan fingerprint density at radius 1 is 1.09 bits per heavy atom. The molecular formula is C9H9NO. The summed E-state index contributed by atoms with van der Waals surface area (Å²) >= 11 is 0. The van der Waals surface area contributed by atoms with Crippen molar-refractivity contribution in [1.82, 2.24) is 5.32 Å². The predicted molar refractivity (Wildman–Crippen MR) is 40.7 cm³/mol. The summed E-state index contributed by atoms with van der Waals surface area (Å²) in [6.07, 6.45) is 8.71. The van der Waals surface area contributed by atoms with E-state index in [1.165, 1.54) is 0 Å². The first-order valence-electron chi connectivity index (χ1n) is 4.03. The molecule has 4 rings (SSSR count). The lowest BCUT2D eigenvalue weighted by atomic mass is 9.65. The molecule has 1 fully saturated rings. The van der Waals surface area contributed by atoms with E-state index in [4.69, 9.17) is 0 Å². The SMILES string of the molecule is O=C1N[C@H]2C3C=CC(C=C3)[C@@H]12. The largest absolute Gasteiger partial charge is 0.351 e. The fraction of sp³-hybridized carbons (Fsp3) is 0.444. The summed E-state index contributed by atoms with van der Waals surface area (Å²) in [6, 6.07) is 0.419. The van der Waals surface area contributed by atoms with Gasteiger partial charge in [-0.15, -0.1) is 0 Å². The van der Waals surface area contributed by atoms with Gasteiger partial charge in [-0.1, -0.05) is 24.3 Å². The molecule has 11 heavy (non-hydrogen) atoms. The maximum absolute atomic E-state index is 11.1. The van der Waals surface area contributed by atoms with Gasteiger partial charge in [0.25, 0.3) is 0 Å². The minimum Gasteiger partial charge on any atom is -0.351 e. The van der Waals surface area contributed by atoms with Crippen molar-refractivity contribution in [3.05, 3.63) is 24.3 Å². The molecule has 1 heterocycles. The van der Waals surface area contributed by atoms with Crippen molar-refractivity contribution in [2.24, 2.45) is 17.8 Å². The quantitative estimate of drug-likeness (QED) is 0.391. The first-order valence-corrected chi connectivity index (χ1v) is 4.03. The van der Waals surface area contributed by atoms with Crippen LogP contribution in [0.15, 0.2) is 24.3 Å². The highest BCUT2D eigenvalue weighted by atomic mass is 16.2. The summed E-state index contributed by atoms with van der Waals surface area (Å²) in [4.78, 5) is 11.1. The van der Waals surface area contributed by atoms with E-state index in [1.807, 2.05) is 0 Å². The standard InChI is InChI=1S/C9H9NO/c11-9-7-5-1-3-6(4-2-5)8(7)10-9/h1-8H,(H,10,11)/t5?,6?,7-,8+/m1/s1. The molecule has 0 unspecified atom stereocenters. The molecule has 0 saturated carbocycles. The van der Waals surface area contributed by atoms with Crippen LogP contribution in [-0.2, 0) is 4.79 Å². The molecule has 2 bridgehead atoms. The van der Waals surface area contributed by atoms with Crippen LogP contribution in [0.5, 0.6) is 0 Å². The first kappa shape index (κ1) is 5.58. The molecule has 1 N–H and O–H groups in total. The van der Waals surface area contributed by atoms with E-state index in [-0.39, 0.29) is 11.8 Å². The van der Waals surface area contributed by atoms with E-state index in [9.17, 15) is 4.79 Å². The Morgan fingerprint density at radius 2 is 1.73 bits per heavy atom. The van der Waals surface area contributed by atoms with Crippen LogP contribution in [0.2, 0.25) is 0 Å². The number of hydrogen-bond acceptors (Lipinski definition) is 1. The van der Waals surface area contributed by atoms with E-state index >= 15 is 0 Å². The molecule has 0 aromatic heterocycles. The molecular weight excluding hydrogens is 138 g/mol. The zero-order valence-corrected chi connectivity index (χ0v) is 6.03. The zero-order valence-electron chi connectivity index (χ0n) is 6.03. The second-order valence-corrected chi connectivity index (χ2v) is 3.48. The van der Waals surface area contributed by atoms with Gasteiger partial charge in [-0.2, -0.15) is 0 Å². The number of hydrogen-bond donors (Lipinski definition) is 1. The van der Waals surface area contributed by atoms with Gasteiger partial charge in [-0.25, -0.2) is 0 Å². The molecule has 4 aliphatic rings. The Balaban J connectivity index is 2.06. The Bertz CT molecular complexity index is 265. The van der Waals surface area contributed by atoms with Gasteiger partial charge in [0.15, 0.2) is 0 Å². The van der Waals surface area contributed by atoms with E-state index in [0.29, 0.717) is 17.9 Å². The number of carbonyl (C=O) groups is 1. The third kappa shape index (κ3) is 0.516. The zero-order chi connectivity index (χ0) is 7.42. The number of allylic oxidation sites excluding steroid dienone is 2. The van der Waals surface area contributed by atoms with E-state index in [1.54, 1.807) is 0 Å². The second kappa shape index (κ2) is 1.58. The van der Waals surface area contributed by atoms with Gasteiger partial charge in [0.05, 0.1) is 12.0 Å². The predicted octanol–water partition coefficient (Wildman–Crippen LogP) is 0.473. The Hall–Kier alpha value is -1.05. The highest BCUT2D eigenvalue weighted by Gasteiger charge is 2.49. The highest BCUT2D eigenvalue weighted by molar-refractivity contribution is 5.87. The summed E-state index contributed by atoms with van der Waals surface area (Å²) in [7, 11) is 0. The molecule has 3 aliphatic carbocycles. The number of nitrogens with one attached hydrogen (secondary N) is 1. The van der Waals surface area contributed by atoms with E-state index < -0.39 is 0 Å². The molecule has 0 spiro atoms. The van der Waals surface area contributed by atoms with Crippen LogP contribution in [0, 0.1) is 17.8 Å². The molecule has 1 aliphatic heterocycles. The average molecular weight is 147 g/mol. The van der Waals surface area contributed by atoms with Gasteiger partial charge in [0.1, 0.15) is 0 Å².